The lowest BCUT2D eigenvalue weighted by molar-refractivity contribution is -0.150. The molecule has 4 heteroatoms. The lowest BCUT2D eigenvalue weighted by Crippen LogP contribution is -2.28. The van der Waals surface area contributed by atoms with Gasteiger partial charge >= 0.3 is 5.97 Å². The van der Waals surface area contributed by atoms with Crippen LogP contribution in [0, 0.1) is 5.41 Å². The van der Waals surface area contributed by atoms with Crippen molar-refractivity contribution in [2.75, 3.05) is 13.2 Å². The van der Waals surface area contributed by atoms with Crippen LogP contribution in [0.5, 0.6) is 0 Å². The number of hydrogen-bond acceptors (Lipinski definition) is 3. The zero-order valence-electron chi connectivity index (χ0n) is 11.6. The molecule has 0 bridgehead atoms. The molecule has 1 amide bonds. The van der Waals surface area contributed by atoms with Gasteiger partial charge in [-0.2, -0.15) is 0 Å². The van der Waals surface area contributed by atoms with Crippen molar-refractivity contribution in [3.8, 4) is 0 Å². The van der Waals surface area contributed by atoms with Crippen LogP contribution in [0.1, 0.15) is 46.5 Å². The first kappa shape index (κ1) is 14.7. The average Bonchev–Trinajstić information content (AvgIpc) is 2.52. The Kier molecular flexibility index (Phi) is 5.38. The van der Waals surface area contributed by atoms with E-state index >= 15 is 0 Å². The van der Waals surface area contributed by atoms with Crippen LogP contribution in [0.3, 0.4) is 0 Å². The second kappa shape index (κ2) is 6.57. The topological polar surface area (TPSA) is 46.6 Å². The number of hydrogen-bond donors (Lipinski definition) is 0. The molecule has 0 aromatic carbocycles. The van der Waals surface area contributed by atoms with E-state index in [-0.39, 0.29) is 11.9 Å². The highest BCUT2D eigenvalue weighted by Crippen LogP contribution is 2.20. The Morgan fingerprint density at radius 1 is 1.39 bits per heavy atom. The van der Waals surface area contributed by atoms with Gasteiger partial charge in [-0.25, -0.2) is 0 Å². The van der Waals surface area contributed by atoms with Gasteiger partial charge in [0.15, 0.2) is 0 Å². The molecule has 1 aliphatic rings. The molecule has 0 aliphatic carbocycles. The molecule has 1 heterocycles. The molecule has 0 aromatic rings. The summed E-state index contributed by atoms with van der Waals surface area (Å²) < 4.78 is 5.00. The molecule has 0 spiro atoms. The smallest absolute Gasteiger partial charge is 0.315 e. The third kappa shape index (κ3) is 4.17. The van der Waals surface area contributed by atoms with Crippen LogP contribution in [-0.4, -0.2) is 29.9 Å². The Labute approximate surface area is 109 Å². The summed E-state index contributed by atoms with van der Waals surface area (Å²) in [6.45, 7) is 6.50. The molecule has 0 radical (unpaired) electrons. The number of esters is 1. The molecule has 1 rings (SSSR count). The maximum Gasteiger partial charge on any atom is 0.315 e. The van der Waals surface area contributed by atoms with Crippen molar-refractivity contribution >= 4 is 11.9 Å². The Morgan fingerprint density at radius 2 is 2.11 bits per heavy atom. The van der Waals surface area contributed by atoms with Gasteiger partial charge in [0.1, 0.15) is 0 Å². The third-order valence-corrected chi connectivity index (χ3v) is 3.08. The molecule has 0 saturated carbocycles. The molecular formula is C14H23NO3. The third-order valence-electron chi connectivity index (χ3n) is 3.08. The zero-order valence-corrected chi connectivity index (χ0v) is 11.6. The summed E-state index contributed by atoms with van der Waals surface area (Å²) in [5.41, 5.74) is -0.692. The Hall–Kier alpha value is -1.32. The van der Waals surface area contributed by atoms with Gasteiger partial charge in [0.2, 0.25) is 5.91 Å². The molecule has 1 aliphatic heterocycles. The zero-order chi connectivity index (χ0) is 13.6. The molecule has 0 N–H and O–H groups in total. The fourth-order valence-electron chi connectivity index (χ4n) is 1.82. The van der Waals surface area contributed by atoms with Gasteiger partial charge in [0, 0.05) is 19.2 Å². The summed E-state index contributed by atoms with van der Waals surface area (Å²) in [6, 6.07) is 0. The van der Waals surface area contributed by atoms with Crippen molar-refractivity contribution in [3.63, 3.8) is 0 Å². The molecule has 4 nitrogen and oxygen atoms in total. The van der Waals surface area contributed by atoms with Gasteiger partial charge in [0.25, 0.3) is 0 Å². The molecular weight excluding hydrogens is 230 g/mol. The van der Waals surface area contributed by atoms with Crippen LogP contribution >= 0.6 is 0 Å². The van der Waals surface area contributed by atoms with Crippen LogP contribution in [0.25, 0.3) is 0 Å². The number of ether oxygens (including phenoxy) is 1. The van der Waals surface area contributed by atoms with Gasteiger partial charge in [-0.3, -0.25) is 9.59 Å². The maximum atomic E-state index is 11.8. The largest absolute Gasteiger partial charge is 0.465 e. The van der Waals surface area contributed by atoms with Gasteiger partial charge in [-0.1, -0.05) is 12.5 Å². The molecule has 18 heavy (non-hydrogen) atoms. The van der Waals surface area contributed by atoms with E-state index in [0.717, 1.165) is 25.8 Å². The summed E-state index contributed by atoms with van der Waals surface area (Å²) >= 11 is 0. The van der Waals surface area contributed by atoms with Crippen molar-refractivity contribution in [2.45, 2.75) is 46.5 Å². The Bertz CT molecular complexity index is 334. The first-order valence-corrected chi connectivity index (χ1v) is 6.63. The van der Waals surface area contributed by atoms with E-state index in [1.54, 1.807) is 37.9 Å². The predicted octanol–water partition coefficient (Wildman–Crippen LogP) is 2.49. The summed E-state index contributed by atoms with van der Waals surface area (Å²) in [5.74, 6) is -0.119. The van der Waals surface area contributed by atoms with Crippen LogP contribution in [0.2, 0.25) is 0 Å². The van der Waals surface area contributed by atoms with Crippen LogP contribution in [-0.2, 0) is 14.3 Å². The van der Waals surface area contributed by atoms with E-state index in [9.17, 15) is 9.59 Å². The van der Waals surface area contributed by atoms with E-state index in [0.29, 0.717) is 13.0 Å². The average molecular weight is 253 g/mol. The monoisotopic (exact) mass is 253 g/mol. The first-order chi connectivity index (χ1) is 8.47. The molecule has 1 saturated heterocycles. The van der Waals surface area contributed by atoms with Crippen molar-refractivity contribution < 1.29 is 14.3 Å². The van der Waals surface area contributed by atoms with Crippen LogP contribution in [0.4, 0.5) is 0 Å². The summed E-state index contributed by atoms with van der Waals surface area (Å²) in [5, 5.41) is 0. The minimum atomic E-state index is -0.692. The van der Waals surface area contributed by atoms with E-state index in [1.807, 2.05) is 0 Å². The van der Waals surface area contributed by atoms with E-state index in [1.165, 1.54) is 0 Å². The number of carbonyl (C=O) groups excluding carboxylic acids is 2. The van der Waals surface area contributed by atoms with Crippen molar-refractivity contribution in [1.29, 1.82) is 0 Å². The van der Waals surface area contributed by atoms with Crippen LogP contribution in [0.15, 0.2) is 12.3 Å². The standard InChI is InChI=1S/C14H23NO3/c1-4-18-13(17)14(2,3)9-11-15-10-7-5-6-8-12(15)16/h9,11H,4-8,10H2,1-3H3/b11-9+. The Balaban J connectivity index is 2.65. The summed E-state index contributed by atoms with van der Waals surface area (Å²) in [7, 11) is 0. The minimum absolute atomic E-state index is 0.142. The summed E-state index contributed by atoms with van der Waals surface area (Å²) in [4.78, 5) is 25.2. The fraction of sp³-hybridized carbons (Fsp3) is 0.714. The lowest BCUT2D eigenvalue weighted by Gasteiger charge is -2.21. The van der Waals surface area contributed by atoms with E-state index < -0.39 is 5.41 Å². The van der Waals surface area contributed by atoms with E-state index in [4.69, 9.17) is 4.74 Å². The first-order valence-electron chi connectivity index (χ1n) is 6.63. The number of rotatable bonds is 4. The number of nitrogens with zero attached hydrogens (tertiary/aromatic N) is 1. The van der Waals surface area contributed by atoms with Gasteiger partial charge in [-0.15, -0.1) is 0 Å². The molecule has 102 valence electrons. The van der Waals surface area contributed by atoms with Crippen molar-refractivity contribution in [1.82, 2.24) is 4.90 Å². The van der Waals surface area contributed by atoms with Gasteiger partial charge in [-0.05, 0) is 33.6 Å². The number of carbonyl (C=O) groups is 2. The SMILES string of the molecule is CCOC(=O)C(C)(C)/C=C/N1CCCCCC1=O. The molecule has 0 atom stereocenters. The van der Waals surface area contributed by atoms with Crippen molar-refractivity contribution in [3.05, 3.63) is 12.3 Å². The number of amides is 1. The minimum Gasteiger partial charge on any atom is -0.465 e. The maximum absolute atomic E-state index is 11.8. The fourth-order valence-corrected chi connectivity index (χ4v) is 1.82. The van der Waals surface area contributed by atoms with Crippen molar-refractivity contribution in [2.24, 2.45) is 5.41 Å². The normalized spacial score (nSPS) is 17.9. The van der Waals surface area contributed by atoms with Crippen LogP contribution < -0.4 is 0 Å². The predicted molar refractivity (Wildman–Crippen MR) is 69.7 cm³/mol. The van der Waals surface area contributed by atoms with Gasteiger partial charge < -0.3 is 9.64 Å². The van der Waals surface area contributed by atoms with E-state index in [2.05, 4.69) is 0 Å². The molecule has 1 fully saturated rings. The second-order valence-electron chi connectivity index (χ2n) is 5.16. The highest BCUT2D eigenvalue weighted by atomic mass is 16.5. The second-order valence-corrected chi connectivity index (χ2v) is 5.16. The Morgan fingerprint density at radius 3 is 2.78 bits per heavy atom. The van der Waals surface area contributed by atoms with Gasteiger partial charge in [0.05, 0.1) is 12.0 Å². The molecule has 0 aromatic heterocycles. The highest BCUT2D eigenvalue weighted by molar-refractivity contribution is 5.79. The highest BCUT2D eigenvalue weighted by Gasteiger charge is 2.26. The lowest BCUT2D eigenvalue weighted by atomic mass is 9.94. The quantitative estimate of drug-likeness (QED) is 0.723. The number of likely N-dealkylation sites (tertiary alicyclic amines) is 1. The molecule has 0 unspecified atom stereocenters. The summed E-state index contributed by atoms with van der Waals surface area (Å²) in [6.07, 6.45) is 7.18.